The Hall–Kier alpha value is -1.07. The highest BCUT2D eigenvalue weighted by Crippen LogP contribution is 2.33. The van der Waals surface area contributed by atoms with Crippen LogP contribution in [0.1, 0.15) is 19.4 Å². The van der Waals surface area contributed by atoms with Gasteiger partial charge in [0.1, 0.15) is 0 Å². The second-order valence-electron chi connectivity index (χ2n) is 5.04. The molecule has 0 unspecified atom stereocenters. The third kappa shape index (κ3) is 2.24. The largest absolute Gasteiger partial charge is 0.273 e. The van der Waals surface area contributed by atoms with Gasteiger partial charge in [0, 0.05) is 5.02 Å². The van der Waals surface area contributed by atoms with E-state index in [4.69, 9.17) is 11.6 Å². The maximum atomic E-state index is 12.1. The van der Waals surface area contributed by atoms with Gasteiger partial charge in [-0.1, -0.05) is 29.8 Å². The molecule has 1 saturated heterocycles. The highest BCUT2D eigenvalue weighted by Gasteiger charge is 2.49. The van der Waals surface area contributed by atoms with Crippen LogP contribution in [0.5, 0.6) is 0 Å². The molecule has 0 aromatic heterocycles. The maximum Gasteiger partial charge on any atom is 0.243 e. The first-order valence-corrected chi connectivity index (χ1v) is 7.51. The molecule has 6 heteroatoms. The van der Waals surface area contributed by atoms with E-state index < -0.39 is 15.4 Å². The van der Waals surface area contributed by atoms with E-state index in [2.05, 4.69) is 0 Å². The average molecular weight is 288 g/mol. The minimum Gasteiger partial charge on any atom is -0.273 e. The summed E-state index contributed by atoms with van der Waals surface area (Å²) in [7, 11) is -3.53. The van der Waals surface area contributed by atoms with Gasteiger partial charge in [0.25, 0.3) is 0 Å². The molecule has 1 aromatic rings. The number of rotatable bonds is 2. The summed E-state index contributed by atoms with van der Waals surface area (Å²) in [5.41, 5.74) is -0.228. The minimum atomic E-state index is -3.53. The van der Waals surface area contributed by atoms with Crippen LogP contribution in [0.15, 0.2) is 24.3 Å². The van der Waals surface area contributed by atoms with Crippen molar-refractivity contribution in [1.82, 2.24) is 4.31 Å². The molecule has 0 saturated carbocycles. The summed E-state index contributed by atoms with van der Waals surface area (Å²) in [5.74, 6) is -0.522. The zero-order chi connectivity index (χ0) is 13.6. The molecule has 0 spiro atoms. The van der Waals surface area contributed by atoms with Gasteiger partial charge in [0.05, 0.1) is 17.7 Å². The van der Waals surface area contributed by atoms with E-state index in [1.54, 1.807) is 38.1 Å². The van der Waals surface area contributed by atoms with Gasteiger partial charge in [-0.05, 0) is 25.5 Å². The normalized spacial score (nSPS) is 21.3. The Morgan fingerprint density at radius 1 is 1.33 bits per heavy atom. The second kappa shape index (κ2) is 4.24. The number of halogens is 1. The lowest BCUT2D eigenvalue weighted by Crippen LogP contribution is -2.32. The monoisotopic (exact) mass is 287 g/mol. The van der Waals surface area contributed by atoms with Gasteiger partial charge in [0.15, 0.2) is 0 Å². The first-order chi connectivity index (χ1) is 8.24. The number of benzene rings is 1. The average Bonchev–Trinajstić information content (AvgIpc) is 2.39. The lowest BCUT2D eigenvalue weighted by atomic mass is 9.95. The molecular weight excluding hydrogens is 274 g/mol. The van der Waals surface area contributed by atoms with E-state index in [9.17, 15) is 13.2 Å². The van der Waals surface area contributed by atoms with Crippen LogP contribution in [0.4, 0.5) is 0 Å². The van der Waals surface area contributed by atoms with Crippen LogP contribution in [0, 0.1) is 5.41 Å². The van der Waals surface area contributed by atoms with Crippen molar-refractivity contribution in [2.45, 2.75) is 20.4 Å². The standard InChI is InChI=1S/C12H14ClNO3S/c1-12(2)8-18(16,17)14(11(12)15)7-9-5-3-4-6-10(9)13/h3-6H,7-8H2,1-2H3. The smallest absolute Gasteiger partial charge is 0.243 e. The Bertz CT molecular complexity index is 595. The topological polar surface area (TPSA) is 54.5 Å². The van der Waals surface area contributed by atoms with Gasteiger partial charge in [-0.3, -0.25) is 4.79 Å². The lowest BCUT2D eigenvalue weighted by molar-refractivity contribution is -0.132. The lowest BCUT2D eigenvalue weighted by Gasteiger charge is -2.17. The number of carbonyl (C=O) groups excluding carboxylic acids is 1. The summed E-state index contributed by atoms with van der Waals surface area (Å²) in [4.78, 5) is 12.1. The Morgan fingerprint density at radius 2 is 1.94 bits per heavy atom. The summed E-state index contributed by atoms with van der Waals surface area (Å²) in [6.45, 7) is 3.28. The Labute approximate surface area is 112 Å². The zero-order valence-corrected chi connectivity index (χ0v) is 11.8. The Balaban J connectivity index is 2.35. The van der Waals surface area contributed by atoms with Crippen molar-refractivity contribution in [2.24, 2.45) is 5.41 Å². The predicted molar refractivity (Wildman–Crippen MR) is 69.6 cm³/mol. The molecular formula is C12H14ClNO3S. The van der Waals surface area contributed by atoms with Crippen LogP contribution in [0.2, 0.25) is 5.02 Å². The van der Waals surface area contributed by atoms with Crippen molar-refractivity contribution < 1.29 is 13.2 Å². The van der Waals surface area contributed by atoms with Crippen LogP contribution in [-0.2, 0) is 21.4 Å². The summed E-state index contributed by atoms with van der Waals surface area (Å²) in [5, 5.41) is 0.463. The van der Waals surface area contributed by atoms with E-state index in [1.165, 1.54) is 0 Å². The van der Waals surface area contributed by atoms with Gasteiger partial charge >= 0.3 is 0 Å². The highest BCUT2D eigenvalue weighted by molar-refractivity contribution is 7.90. The molecule has 1 amide bonds. The minimum absolute atomic E-state index is 0.00424. The molecule has 4 nitrogen and oxygen atoms in total. The first kappa shape index (κ1) is 13.4. The summed E-state index contributed by atoms with van der Waals surface area (Å²) >= 11 is 5.98. The van der Waals surface area contributed by atoms with Crippen LogP contribution < -0.4 is 0 Å². The predicted octanol–water partition coefficient (Wildman–Crippen LogP) is 2.04. The van der Waals surface area contributed by atoms with Crippen molar-refractivity contribution >= 4 is 27.5 Å². The Kier molecular flexibility index (Phi) is 3.15. The van der Waals surface area contributed by atoms with Crippen molar-refractivity contribution in [3.63, 3.8) is 0 Å². The second-order valence-corrected chi connectivity index (χ2v) is 7.34. The number of sulfonamides is 1. The maximum absolute atomic E-state index is 12.1. The van der Waals surface area contributed by atoms with Crippen LogP contribution >= 0.6 is 11.6 Å². The van der Waals surface area contributed by atoms with Gasteiger partial charge < -0.3 is 0 Å². The number of carbonyl (C=O) groups is 1. The molecule has 0 bridgehead atoms. The SMILES string of the molecule is CC1(C)CS(=O)(=O)N(Cc2ccccc2Cl)C1=O. The Morgan fingerprint density at radius 3 is 2.44 bits per heavy atom. The number of amides is 1. The number of hydrogen-bond acceptors (Lipinski definition) is 3. The fourth-order valence-electron chi connectivity index (χ4n) is 2.01. The summed E-state index contributed by atoms with van der Waals surface area (Å²) < 4.78 is 24.9. The first-order valence-electron chi connectivity index (χ1n) is 5.52. The number of nitrogens with zero attached hydrogens (tertiary/aromatic N) is 1. The molecule has 2 rings (SSSR count). The molecule has 1 fully saturated rings. The van der Waals surface area contributed by atoms with E-state index >= 15 is 0 Å². The van der Waals surface area contributed by atoms with E-state index in [-0.39, 0.29) is 18.2 Å². The van der Waals surface area contributed by atoms with Crippen LogP contribution in [0.25, 0.3) is 0 Å². The molecule has 0 N–H and O–H groups in total. The van der Waals surface area contributed by atoms with Crippen LogP contribution in [0.3, 0.4) is 0 Å². The van der Waals surface area contributed by atoms with Crippen molar-refractivity contribution in [3.05, 3.63) is 34.9 Å². The molecule has 1 aliphatic heterocycles. The van der Waals surface area contributed by atoms with Crippen molar-refractivity contribution in [1.29, 1.82) is 0 Å². The number of hydrogen-bond donors (Lipinski definition) is 0. The third-order valence-electron chi connectivity index (χ3n) is 2.96. The van der Waals surface area contributed by atoms with Gasteiger partial charge in [0.2, 0.25) is 15.9 Å². The third-order valence-corrected chi connectivity index (χ3v) is 5.38. The summed E-state index contributed by atoms with van der Waals surface area (Å²) in [6.07, 6.45) is 0. The molecule has 1 aliphatic rings. The van der Waals surface area contributed by atoms with Gasteiger partial charge in [-0.25, -0.2) is 12.7 Å². The van der Waals surface area contributed by atoms with Gasteiger partial charge in [-0.15, -0.1) is 0 Å². The highest BCUT2D eigenvalue weighted by atomic mass is 35.5. The molecule has 1 aromatic carbocycles. The quantitative estimate of drug-likeness (QED) is 0.836. The van der Waals surface area contributed by atoms with Gasteiger partial charge in [-0.2, -0.15) is 0 Å². The van der Waals surface area contributed by atoms with E-state index in [0.717, 1.165) is 4.31 Å². The molecule has 1 heterocycles. The molecule has 0 atom stereocenters. The van der Waals surface area contributed by atoms with E-state index in [0.29, 0.717) is 10.6 Å². The molecule has 18 heavy (non-hydrogen) atoms. The zero-order valence-electron chi connectivity index (χ0n) is 10.2. The van der Waals surface area contributed by atoms with Crippen molar-refractivity contribution in [3.8, 4) is 0 Å². The van der Waals surface area contributed by atoms with Crippen molar-refractivity contribution in [2.75, 3.05) is 5.75 Å². The molecule has 0 radical (unpaired) electrons. The molecule has 98 valence electrons. The van der Waals surface area contributed by atoms with E-state index in [1.807, 2.05) is 0 Å². The molecule has 0 aliphatic carbocycles. The summed E-state index contributed by atoms with van der Waals surface area (Å²) in [6, 6.07) is 6.92. The van der Waals surface area contributed by atoms with Crippen LogP contribution in [-0.4, -0.2) is 24.4 Å². The fraction of sp³-hybridized carbons (Fsp3) is 0.417. The fourth-order valence-corrected chi connectivity index (χ4v) is 4.23.